The van der Waals surface area contributed by atoms with E-state index in [2.05, 4.69) is 37.5 Å². The summed E-state index contributed by atoms with van der Waals surface area (Å²) in [6.45, 7) is 15.2. The third kappa shape index (κ3) is 9.78. The highest BCUT2D eigenvalue weighted by molar-refractivity contribution is 6.17. The molecule has 1 heterocycles. The Kier molecular flexibility index (Phi) is 14.6. The fourth-order valence-electron chi connectivity index (χ4n) is 5.65. The fraction of sp³-hybridized carbons (Fsp3) is 0.611. The van der Waals surface area contributed by atoms with Crippen LogP contribution < -0.4 is 0 Å². The van der Waals surface area contributed by atoms with Crippen molar-refractivity contribution in [3.63, 3.8) is 0 Å². The van der Waals surface area contributed by atoms with Crippen molar-refractivity contribution in [2.24, 2.45) is 0 Å². The van der Waals surface area contributed by atoms with E-state index in [9.17, 15) is 9.59 Å². The molecule has 0 unspecified atom stereocenters. The lowest BCUT2D eigenvalue weighted by atomic mass is 10.0. The minimum Gasteiger partial charge on any atom is -0.455 e. The summed E-state index contributed by atoms with van der Waals surface area (Å²) in [4.78, 5) is 31.8. The van der Waals surface area contributed by atoms with Crippen LogP contribution in [0.1, 0.15) is 125 Å². The van der Waals surface area contributed by atoms with Crippen LogP contribution in [0.5, 0.6) is 0 Å². The molecule has 0 aliphatic carbocycles. The number of carbonyl (C=O) groups excluding carboxylic acids is 2. The van der Waals surface area contributed by atoms with Gasteiger partial charge in [0.05, 0.1) is 11.1 Å². The maximum atomic E-state index is 13.4. The lowest BCUT2D eigenvalue weighted by Gasteiger charge is -2.21. The molecule has 0 aliphatic heterocycles. The zero-order chi connectivity index (χ0) is 29.5. The summed E-state index contributed by atoms with van der Waals surface area (Å²) in [5, 5.41) is 1.83. The minimum atomic E-state index is 0.118. The molecule has 2 aromatic carbocycles. The predicted molar refractivity (Wildman–Crippen MR) is 173 cm³/mol. The first-order chi connectivity index (χ1) is 20.0. The molecule has 41 heavy (non-hydrogen) atoms. The molecule has 0 spiro atoms. The van der Waals surface area contributed by atoms with Crippen LogP contribution in [0.3, 0.4) is 0 Å². The van der Waals surface area contributed by atoms with Gasteiger partial charge >= 0.3 is 0 Å². The van der Waals surface area contributed by atoms with Crippen molar-refractivity contribution < 1.29 is 14.0 Å². The number of rotatable bonds is 22. The van der Waals surface area contributed by atoms with E-state index in [0.29, 0.717) is 35.1 Å². The molecule has 0 fully saturated rings. The van der Waals surface area contributed by atoms with Crippen molar-refractivity contribution in [3.8, 4) is 0 Å². The summed E-state index contributed by atoms with van der Waals surface area (Å²) in [7, 11) is 0. The van der Waals surface area contributed by atoms with E-state index in [1.54, 1.807) is 0 Å². The molecular weight excluding hydrogens is 508 g/mol. The molecule has 0 radical (unpaired) electrons. The zero-order valence-corrected chi connectivity index (χ0v) is 26.3. The van der Waals surface area contributed by atoms with Crippen LogP contribution in [0.4, 0.5) is 0 Å². The lowest BCUT2D eigenvalue weighted by Crippen LogP contribution is -2.27. The number of hydrogen-bond donors (Lipinski definition) is 0. The van der Waals surface area contributed by atoms with Gasteiger partial charge < -0.3 is 14.2 Å². The Balaban J connectivity index is 1.70. The molecule has 3 aromatic rings. The normalized spacial score (nSPS) is 11.9. The number of nitrogens with zero attached hydrogens (tertiary/aromatic N) is 2. The third-order valence-corrected chi connectivity index (χ3v) is 8.19. The van der Waals surface area contributed by atoms with E-state index in [1.807, 2.05) is 36.4 Å². The van der Waals surface area contributed by atoms with Crippen LogP contribution in [0.2, 0.25) is 0 Å². The first-order valence-electron chi connectivity index (χ1n) is 16.5. The van der Waals surface area contributed by atoms with Crippen molar-refractivity contribution in [2.75, 3.05) is 39.3 Å². The third-order valence-electron chi connectivity index (χ3n) is 8.19. The van der Waals surface area contributed by atoms with Crippen LogP contribution in [0.25, 0.3) is 21.9 Å². The number of para-hydroxylation sites is 2. The summed E-state index contributed by atoms with van der Waals surface area (Å²) in [5.74, 6) is 0.237. The van der Waals surface area contributed by atoms with Crippen molar-refractivity contribution in [3.05, 3.63) is 47.5 Å². The second-order valence-electron chi connectivity index (χ2n) is 11.6. The van der Waals surface area contributed by atoms with Crippen LogP contribution in [-0.2, 0) is 0 Å². The molecule has 226 valence electrons. The van der Waals surface area contributed by atoms with Gasteiger partial charge in [-0.05, 0) is 89.9 Å². The van der Waals surface area contributed by atoms with Gasteiger partial charge in [-0.3, -0.25) is 9.59 Å². The summed E-state index contributed by atoms with van der Waals surface area (Å²) < 4.78 is 6.36. The first-order valence-corrected chi connectivity index (χ1v) is 16.5. The first kappa shape index (κ1) is 33.0. The molecule has 0 saturated carbocycles. The Morgan fingerprint density at radius 3 is 1.22 bits per heavy atom. The minimum absolute atomic E-state index is 0.118. The van der Waals surface area contributed by atoms with Crippen LogP contribution in [0, 0.1) is 0 Å². The lowest BCUT2D eigenvalue weighted by molar-refractivity contribution is 0.0968. The van der Waals surface area contributed by atoms with Crippen molar-refractivity contribution in [2.45, 2.75) is 105 Å². The van der Waals surface area contributed by atoms with Gasteiger partial charge in [0.1, 0.15) is 11.2 Å². The summed E-state index contributed by atoms with van der Waals surface area (Å²) in [6, 6.07) is 11.6. The van der Waals surface area contributed by atoms with E-state index in [1.165, 1.54) is 51.4 Å². The quantitative estimate of drug-likeness (QED) is 0.114. The number of unbranched alkanes of at least 4 members (excludes halogenated alkanes) is 4. The summed E-state index contributed by atoms with van der Waals surface area (Å²) in [6.07, 6.45) is 12.3. The molecule has 0 aliphatic rings. The van der Waals surface area contributed by atoms with Gasteiger partial charge in [-0.1, -0.05) is 77.6 Å². The predicted octanol–water partition coefficient (Wildman–Crippen LogP) is 9.32. The second-order valence-corrected chi connectivity index (χ2v) is 11.6. The summed E-state index contributed by atoms with van der Waals surface area (Å²) >= 11 is 0. The van der Waals surface area contributed by atoms with Crippen LogP contribution in [-0.4, -0.2) is 60.6 Å². The number of carbonyl (C=O) groups is 2. The molecule has 0 amide bonds. The van der Waals surface area contributed by atoms with Gasteiger partial charge in [-0.25, -0.2) is 0 Å². The highest BCUT2D eigenvalue weighted by Gasteiger charge is 2.20. The molecule has 0 bridgehead atoms. The molecule has 5 nitrogen and oxygen atoms in total. The summed E-state index contributed by atoms with van der Waals surface area (Å²) in [5.41, 5.74) is 2.50. The molecule has 0 N–H and O–H groups in total. The largest absolute Gasteiger partial charge is 0.455 e. The Morgan fingerprint density at radius 1 is 0.537 bits per heavy atom. The van der Waals surface area contributed by atoms with E-state index in [-0.39, 0.29) is 11.6 Å². The van der Waals surface area contributed by atoms with E-state index in [0.717, 1.165) is 62.9 Å². The Labute approximate surface area is 248 Å². The highest BCUT2D eigenvalue weighted by atomic mass is 16.3. The van der Waals surface area contributed by atoms with Gasteiger partial charge in [0.25, 0.3) is 0 Å². The number of furan rings is 1. The fourth-order valence-corrected chi connectivity index (χ4v) is 5.65. The van der Waals surface area contributed by atoms with Gasteiger partial charge in [0, 0.05) is 23.6 Å². The van der Waals surface area contributed by atoms with Gasteiger partial charge in [-0.2, -0.15) is 0 Å². The standard InChI is InChI=1S/C36H54N2O3/c1-5-9-23-37(24-10-6-2)27-15-21-33(39)31-19-13-17-29-30-18-14-20-32(36(30)41-35(29)31)34(40)22-16-28-38(25-11-7-3)26-12-8-4/h13-14,17-20H,5-12,15-16,21-28H2,1-4H3. The highest BCUT2D eigenvalue weighted by Crippen LogP contribution is 2.34. The number of Topliss-reactive ketones (excluding diaryl/α,β-unsaturated/α-hetero) is 2. The Bertz CT molecular complexity index is 1110. The average molecular weight is 563 g/mol. The van der Waals surface area contributed by atoms with Gasteiger partial charge in [-0.15, -0.1) is 0 Å². The van der Waals surface area contributed by atoms with Gasteiger partial charge in [0.15, 0.2) is 11.6 Å². The van der Waals surface area contributed by atoms with E-state index >= 15 is 0 Å². The number of fused-ring (bicyclic) bond motifs is 3. The average Bonchev–Trinajstić information content (AvgIpc) is 3.38. The molecule has 1 aromatic heterocycles. The van der Waals surface area contributed by atoms with E-state index in [4.69, 9.17) is 4.42 Å². The van der Waals surface area contributed by atoms with Crippen LogP contribution >= 0.6 is 0 Å². The number of hydrogen-bond acceptors (Lipinski definition) is 5. The topological polar surface area (TPSA) is 53.8 Å². The van der Waals surface area contributed by atoms with Crippen molar-refractivity contribution in [1.29, 1.82) is 0 Å². The maximum Gasteiger partial charge on any atom is 0.166 e. The molecule has 5 heteroatoms. The van der Waals surface area contributed by atoms with E-state index < -0.39 is 0 Å². The smallest absolute Gasteiger partial charge is 0.166 e. The Morgan fingerprint density at radius 2 is 0.878 bits per heavy atom. The van der Waals surface area contributed by atoms with Gasteiger partial charge in [0.2, 0.25) is 0 Å². The maximum absolute atomic E-state index is 13.4. The molecule has 3 rings (SSSR count). The second kappa shape index (κ2) is 18.1. The number of ketones is 2. The molecule has 0 atom stereocenters. The van der Waals surface area contributed by atoms with Crippen LogP contribution in [0.15, 0.2) is 40.8 Å². The molecule has 0 saturated heterocycles. The SMILES string of the molecule is CCCCN(CCCC)CCCC(=O)c1cccc2c1oc1c(C(=O)CCCN(CCCC)CCCC)cccc12. The van der Waals surface area contributed by atoms with Crippen molar-refractivity contribution in [1.82, 2.24) is 9.80 Å². The number of benzene rings is 2. The molecular formula is C36H54N2O3. The monoisotopic (exact) mass is 562 g/mol. The zero-order valence-electron chi connectivity index (χ0n) is 26.3. The Hall–Kier alpha value is -2.50. The van der Waals surface area contributed by atoms with Crippen molar-refractivity contribution >= 4 is 33.5 Å².